The van der Waals surface area contributed by atoms with E-state index in [0.29, 0.717) is 24.4 Å². The fraction of sp³-hybridized carbons (Fsp3) is 0.765. The summed E-state index contributed by atoms with van der Waals surface area (Å²) in [6.07, 6.45) is 10.4. The number of hydrogen-bond acceptors (Lipinski definition) is 3. The summed E-state index contributed by atoms with van der Waals surface area (Å²) in [6.45, 7) is 4.51. The van der Waals surface area contributed by atoms with Crippen LogP contribution in [0, 0.1) is 11.8 Å². The van der Waals surface area contributed by atoms with Gasteiger partial charge in [-0.25, -0.2) is 4.98 Å². The molecule has 1 aromatic heterocycles. The van der Waals surface area contributed by atoms with Gasteiger partial charge in [0.15, 0.2) is 0 Å². The zero-order valence-corrected chi connectivity index (χ0v) is 13.6. The number of rotatable bonds is 4. The summed E-state index contributed by atoms with van der Waals surface area (Å²) in [5.74, 6) is 2.03. The molecular weight excluding hydrogens is 276 g/mol. The molecule has 1 saturated heterocycles. The minimum absolute atomic E-state index is 0.164. The number of likely N-dealkylation sites (tertiary alicyclic amines) is 1. The van der Waals surface area contributed by atoms with E-state index >= 15 is 0 Å². The summed E-state index contributed by atoms with van der Waals surface area (Å²) < 4.78 is 2.27. The van der Waals surface area contributed by atoms with Crippen molar-refractivity contribution in [1.29, 1.82) is 0 Å². The van der Waals surface area contributed by atoms with Gasteiger partial charge in [-0.1, -0.05) is 13.3 Å². The van der Waals surface area contributed by atoms with Gasteiger partial charge in [0, 0.05) is 37.8 Å². The molecule has 2 fully saturated rings. The van der Waals surface area contributed by atoms with Gasteiger partial charge in [-0.05, 0) is 38.1 Å². The first kappa shape index (κ1) is 15.5. The number of hydrogen-bond donors (Lipinski definition) is 1. The molecule has 2 N–H and O–H groups in total. The lowest BCUT2D eigenvalue weighted by molar-refractivity contribution is -0.138. The summed E-state index contributed by atoms with van der Waals surface area (Å²) in [5.41, 5.74) is 5.85. The predicted molar refractivity (Wildman–Crippen MR) is 86.3 cm³/mol. The molecule has 0 bridgehead atoms. The van der Waals surface area contributed by atoms with E-state index < -0.39 is 0 Å². The Kier molecular flexibility index (Phi) is 4.81. The molecule has 0 spiro atoms. The number of aromatic nitrogens is 2. The van der Waals surface area contributed by atoms with Crippen LogP contribution in [-0.4, -0.2) is 40.0 Å². The van der Waals surface area contributed by atoms with E-state index in [0.717, 1.165) is 57.4 Å². The number of piperidine rings is 1. The maximum Gasteiger partial charge on any atom is 0.226 e. The van der Waals surface area contributed by atoms with E-state index in [1.807, 2.05) is 6.20 Å². The van der Waals surface area contributed by atoms with Crippen LogP contribution >= 0.6 is 0 Å². The van der Waals surface area contributed by atoms with E-state index in [4.69, 9.17) is 5.73 Å². The zero-order valence-electron chi connectivity index (χ0n) is 13.6. The second-order valence-electron chi connectivity index (χ2n) is 6.72. The molecule has 1 unspecified atom stereocenters. The van der Waals surface area contributed by atoms with Gasteiger partial charge >= 0.3 is 0 Å². The van der Waals surface area contributed by atoms with Gasteiger partial charge in [0.05, 0.1) is 6.04 Å². The molecule has 2 aliphatic rings. The monoisotopic (exact) mass is 304 g/mol. The Labute approximate surface area is 132 Å². The molecule has 0 radical (unpaired) electrons. The molecule has 1 saturated carbocycles. The van der Waals surface area contributed by atoms with Crippen LogP contribution in [0.2, 0.25) is 0 Å². The van der Waals surface area contributed by atoms with E-state index in [1.54, 1.807) is 0 Å². The van der Waals surface area contributed by atoms with Crippen LogP contribution < -0.4 is 5.73 Å². The molecule has 122 valence electrons. The quantitative estimate of drug-likeness (QED) is 0.925. The highest BCUT2D eigenvalue weighted by atomic mass is 16.2. The van der Waals surface area contributed by atoms with Crippen LogP contribution in [-0.2, 0) is 11.2 Å². The van der Waals surface area contributed by atoms with E-state index in [9.17, 15) is 4.79 Å². The largest absolute Gasteiger partial charge is 0.340 e. The number of nitrogens with two attached hydrogens (primary N) is 1. The highest BCUT2D eigenvalue weighted by Gasteiger charge is 2.36. The van der Waals surface area contributed by atoms with Crippen molar-refractivity contribution in [1.82, 2.24) is 14.5 Å². The van der Waals surface area contributed by atoms with Gasteiger partial charge in [0.1, 0.15) is 5.82 Å². The third kappa shape index (κ3) is 2.91. The van der Waals surface area contributed by atoms with Crippen LogP contribution in [0.4, 0.5) is 0 Å². The maximum atomic E-state index is 12.9. The molecular formula is C17H28N4O. The molecule has 2 heterocycles. The summed E-state index contributed by atoms with van der Waals surface area (Å²) in [6, 6.07) is 0.382. The standard InChI is InChI=1S/C17H28N4O/c1-2-16-19-8-10-21(16)14-6-4-9-20(12-14)17(22)15-7-3-5-13(15)11-18/h8,10,13-15H,2-7,9,11-12,18H2,1H3/t13-,14?,15-/m1/s1. The molecule has 0 aromatic carbocycles. The second kappa shape index (κ2) is 6.82. The number of carbonyl (C=O) groups is 1. The number of amides is 1. The Balaban J connectivity index is 1.69. The normalized spacial score (nSPS) is 29.0. The lowest BCUT2D eigenvalue weighted by atomic mass is 9.93. The lowest BCUT2D eigenvalue weighted by Crippen LogP contribution is -2.45. The fourth-order valence-electron chi connectivity index (χ4n) is 4.21. The van der Waals surface area contributed by atoms with Gasteiger partial charge in [-0.15, -0.1) is 0 Å². The molecule has 5 nitrogen and oxygen atoms in total. The average Bonchev–Trinajstić information content (AvgIpc) is 3.22. The Hall–Kier alpha value is -1.36. The Morgan fingerprint density at radius 3 is 3.00 bits per heavy atom. The Morgan fingerprint density at radius 2 is 2.23 bits per heavy atom. The smallest absolute Gasteiger partial charge is 0.226 e. The summed E-state index contributed by atoms with van der Waals surface area (Å²) in [5, 5.41) is 0. The van der Waals surface area contributed by atoms with Crippen molar-refractivity contribution in [2.45, 2.75) is 51.5 Å². The van der Waals surface area contributed by atoms with Crippen molar-refractivity contribution < 1.29 is 4.79 Å². The summed E-state index contributed by atoms with van der Waals surface area (Å²) >= 11 is 0. The highest BCUT2D eigenvalue weighted by molar-refractivity contribution is 5.79. The van der Waals surface area contributed by atoms with Crippen LogP contribution in [0.3, 0.4) is 0 Å². The number of nitrogens with zero attached hydrogens (tertiary/aromatic N) is 3. The molecule has 1 aliphatic heterocycles. The van der Waals surface area contributed by atoms with Crippen molar-refractivity contribution in [3.63, 3.8) is 0 Å². The average molecular weight is 304 g/mol. The molecule has 3 atom stereocenters. The highest BCUT2D eigenvalue weighted by Crippen LogP contribution is 2.34. The van der Waals surface area contributed by atoms with Crippen molar-refractivity contribution in [2.24, 2.45) is 17.6 Å². The van der Waals surface area contributed by atoms with Crippen LogP contribution in [0.5, 0.6) is 0 Å². The minimum Gasteiger partial charge on any atom is -0.340 e. The van der Waals surface area contributed by atoms with Gasteiger partial charge < -0.3 is 15.2 Å². The minimum atomic E-state index is 0.164. The third-order valence-corrected chi connectivity index (χ3v) is 5.45. The maximum absolute atomic E-state index is 12.9. The van der Waals surface area contributed by atoms with Crippen molar-refractivity contribution in [3.05, 3.63) is 18.2 Å². The van der Waals surface area contributed by atoms with Gasteiger partial charge in [0.25, 0.3) is 0 Å². The number of carbonyl (C=O) groups excluding carboxylic acids is 1. The molecule has 3 rings (SSSR count). The summed E-state index contributed by atoms with van der Waals surface area (Å²) in [4.78, 5) is 19.4. The topological polar surface area (TPSA) is 64.2 Å². The Morgan fingerprint density at radius 1 is 1.36 bits per heavy atom. The van der Waals surface area contributed by atoms with Crippen molar-refractivity contribution >= 4 is 5.91 Å². The van der Waals surface area contributed by atoms with Crippen molar-refractivity contribution in [2.75, 3.05) is 19.6 Å². The summed E-state index contributed by atoms with van der Waals surface area (Å²) in [7, 11) is 0. The SMILES string of the molecule is CCc1nccn1C1CCCN(C(=O)[C@@H]2CCC[C@@H]2CN)C1. The van der Waals surface area contributed by atoms with Gasteiger partial charge in [-0.3, -0.25) is 4.79 Å². The van der Waals surface area contributed by atoms with Crippen LogP contribution in [0.25, 0.3) is 0 Å². The van der Waals surface area contributed by atoms with Crippen LogP contribution in [0.15, 0.2) is 12.4 Å². The zero-order chi connectivity index (χ0) is 15.5. The molecule has 22 heavy (non-hydrogen) atoms. The molecule has 1 aromatic rings. The molecule has 5 heteroatoms. The number of imidazole rings is 1. The lowest BCUT2D eigenvalue weighted by Gasteiger charge is -2.36. The van der Waals surface area contributed by atoms with Gasteiger partial charge in [0.2, 0.25) is 5.91 Å². The van der Waals surface area contributed by atoms with E-state index in [1.165, 1.54) is 0 Å². The molecule has 1 amide bonds. The predicted octanol–water partition coefficient (Wildman–Crippen LogP) is 1.98. The third-order valence-electron chi connectivity index (χ3n) is 5.45. The fourth-order valence-corrected chi connectivity index (χ4v) is 4.21. The second-order valence-corrected chi connectivity index (χ2v) is 6.72. The van der Waals surface area contributed by atoms with E-state index in [2.05, 4.69) is 27.6 Å². The first-order valence-corrected chi connectivity index (χ1v) is 8.75. The van der Waals surface area contributed by atoms with Gasteiger partial charge in [-0.2, -0.15) is 0 Å². The molecule has 1 aliphatic carbocycles. The van der Waals surface area contributed by atoms with Crippen LogP contribution in [0.1, 0.15) is 50.9 Å². The Bertz CT molecular complexity index is 513. The van der Waals surface area contributed by atoms with E-state index in [-0.39, 0.29) is 5.92 Å². The first-order chi connectivity index (χ1) is 10.7. The number of aryl methyl sites for hydroxylation is 1. The first-order valence-electron chi connectivity index (χ1n) is 8.75. The van der Waals surface area contributed by atoms with Crippen molar-refractivity contribution in [3.8, 4) is 0 Å².